The summed E-state index contributed by atoms with van der Waals surface area (Å²) in [6.45, 7) is 9.87. The van der Waals surface area contributed by atoms with Crippen LogP contribution in [-0.2, 0) is 28.5 Å². The molecule has 0 bridgehead atoms. The summed E-state index contributed by atoms with van der Waals surface area (Å²) in [6.07, 6.45) is 11.9. The van der Waals surface area contributed by atoms with E-state index in [0.717, 1.165) is 103 Å². The van der Waals surface area contributed by atoms with Crippen LogP contribution < -0.4 is 10.6 Å². The summed E-state index contributed by atoms with van der Waals surface area (Å²) in [4.78, 5) is 75.6. The lowest BCUT2D eigenvalue weighted by Gasteiger charge is -2.39. The Balaban J connectivity index is 0.774. The van der Waals surface area contributed by atoms with Crippen molar-refractivity contribution in [3.8, 4) is 33.6 Å². The number of nitrogens with zero attached hydrogens (tertiary/aromatic N) is 4. The van der Waals surface area contributed by atoms with Crippen LogP contribution in [0.4, 0.5) is 9.59 Å². The van der Waals surface area contributed by atoms with Crippen molar-refractivity contribution in [2.45, 2.75) is 146 Å². The van der Waals surface area contributed by atoms with Gasteiger partial charge in [-0.05, 0) is 111 Å². The molecule has 7 fully saturated rings. The molecule has 3 saturated carbocycles. The minimum atomic E-state index is -0.727. The SMILES string of the molecule is COC(=O)N[C@H](C(=O)N1[C@H](c2nc(-c3ccc(-c4ccc(-c5c[nH]c([C@@H]6C[C@@]7(C)C[C@H]7N6C(=O)[C@@H](NC(=O)OC)[C@H]6CCOC7(CC7)C6)n5)cc4)cc3)c[nH]2)CC(C)(C)[C@H]1C)[C@H]1CCOC2(CC2)C1. The summed E-state index contributed by atoms with van der Waals surface area (Å²) in [6, 6.07) is 14.7. The summed E-state index contributed by atoms with van der Waals surface area (Å²) >= 11 is 0. The third kappa shape index (κ3) is 8.48. The Morgan fingerprint density at radius 3 is 1.52 bits per heavy atom. The number of carbonyl (C=O) groups excluding carboxylic acids is 4. The van der Waals surface area contributed by atoms with E-state index in [2.05, 4.69) is 96.8 Å². The van der Waals surface area contributed by atoms with Crippen LogP contribution >= 0.6 is 0 Å². The van der Waals surface area contributed by atoms with E-state index in [0.29, 0.717) is 26.1 Å². The van der Waals surface area contributed by atoms with Crippen LogP contribution in [0.5, 0.6) is 0 Å². The van der Waals surface area contributed by atoms with Crippen molar-refractivity contribution >= 4 is 24.0 Å². The van der Waals surface area contributed by atoms with Gasteiger partial charge in [0.05, 0.1) is 48.9 Å². The molecule has 4 aliphatic heterocycles. The van der Waals surface area contributed by atoms with Crippen LogP contribution in [0.1, 0.15) is 122 Å². The van der Waals surface area contributed by atoms with Crippen LogP contribution in [0, 0.1) is 22.7 Å². The first-order chi connectivity index (χ1) is 33.1. The number of nitrogens with one attached hydrogen (secondary N) is 4. The third-order valence-electron chi connectivity index (χ3n) is 17.3. The monoisotopic (exact) mass is 943 g/mol. The number of aromatic nitrogens is 4. The summed E-state index contributed by atoms with van der Waals surface area (Å²) in [5.41, 5.74) is 5.11. The first-order valence-corrected chi connectivity index (χ1v) is 25.0. The molecule has 4 amide bonds. The molecule has 6 heterocycles. The predicted octanol–water partition coefficient (Wildman–Crippen LogP) is 8.24. The van der Waals surface area contributed by atoms with Gasteiger partial charge in [-0.25, -0.2) is 19.6 Å². The lowest BCUT2D eigenvalue weighted by molar-refractivity contribution is -0.140. The third-order valence-corrected chi connectivity index (χ3v) is 17.3. The highest BCUT2D eigenvalue weighted by molar-refractivity contribution is 5.88. The zero-order chi connectivity index (χ0) is 48.0. The number of rotatable bonds is 11. The highest BCUT2D eigenvalue weighted by Crippen LogP contribution is 2.63. The van der Waals surface area contributed by atoms with Gasteiger partial charge in [0.2, 0.25) is 11.8 Å². The normalized spacial score (nSPS) is 29.8. The number of benzene rings is 2. The predicted molar refractivity (Wildman–Crippen MR) is 255 cm³/mol. The molecule has 4 aromatic rings. The molecular weight excluding hydrogens is 877 g/mol. The Bertz CT molecular complexity index is 2620. The molecule has 69 heavy (non-hydrogen) atoms. The zero-order valence-corrected chi connectivity index (χ0v) is 40.6. The van der Waals surface area contributed by atoms with Gasteiger partial charge < -0.3 is 49.3 Å². The second kappa shape index (κ2) is 17.0. The number of piperidine rings is 1. The number of aromatic amines is 2. The van der Waals surface area contributed by atoms with Gasteiger partial charge in [0.25, 0.3) is 0 Å². The minimum Gasteiger partial charge on any atom is -0.453 e. The molecule has 366 valence electrons. The van der Waals surface area contributed by atoms with Crippen molar-refractivity contribution < 1.29 is 38.1 Å². The van der Waals surface area contributed by atoms with E-state index in [1.54, 1.807) is 0 Å². The number of hydrogen-bond acceptors (Lipinski definition) is 10. The van der Waals surface area contributed by atoms with E-state index in [1.165, 1.54) is 14.2 Å². The number of H-pyrrole nitrogens is 2. The summed E-state index contributed by atoms with van der Waals surface area (Å²) in [7, 11) is 2.67. The lowest BCUT2D eigenvalue weighted by atomic mass is 9.84. The highest BCUT2D eigenvalue weighted by Gasteiger charge is 2.65. The Kier molecular flexibility index (Phi) is 11.3. The molecule has 7 aliphatic rings. The van der Waals surface area contributed by atoms with Gasteiger partial charge >= 0.3 is 12.2 Å². The zero-order valence-electron chi connectivity index (χ0n) is 40.6. The molecule has 2 aromatic heterocycles. The Labute approximate surface area is 403 Å². The molecule has 11 rings (SSSR count). The molecule has 3 aliphatic carbocycles. The van der Waals surface area contributed by atoms with Gasteiger partial charge in [-0.1, -0.05) is 69.3 Å². The summed E-state index contributed by atoms with van der Waals surface area (Å²) < 4.78 is 22.2. The number of fused-ring (bicyclic) bond motifs is 1. The molecule has 0 unspecified atom stereocenters. The molecule has 2 aromatic carbocycles. The number of hydrogen-bond donors (Lipinski definition) is 4. The standard InChI is InChI=1S/C53H66N8O8/c1-30-50(2,3)25-39(60(30)46(62)42(58-48(64)66-5)35-15-21-68-52(23-35)17-18-52)44-54-28-37(56-44)33-11-7-31(8-12-33)32-9-13-34(14-10-32)38-29-55-45(57-38)40-26-51(4)27-41(51)61(40)47(63)43(59-49(65)67-6)36-16-22-69-53(24-36)19-20-53/h7-14,28-30,35-36,39-43H,15-27H2,1-6H3,(H,54,56)(H,55,57)(H,58,64)(H,59,65)/t30-,35+,36+,39+,40+,41-,42+,43+,51+/m1/s1. The summed E-state index contributed by atoms with van der Waals surface area (Å²) in [5, 5.41) is 5.86. The van der Waals surface area contributed by atoms with E-state index >= 15 is 0 Å². The van der Waals surface area contributed by atoms with E-state index in [9.17, 15) is 19.2 Å². The maximum Gasteiger partial charge on any atom is 0.407 e. The number of imidazole rings is 2. The molecule has 9 atom stereocenters. The van der Waals surface area contributed by atoms with Crippen LogP contribution in [0.2, 0.25) is 0 Å². The first-order valence-electron chi connectivity index (χ1n) is 25.0. The van der Waals surface area contributed by atoms with Crippen molar-refractivity contribution in [2.24, 2.45) is 22.7 Å². The topological polar surface area (TPSA) is 193 Å². The number of carbonyl (C=O) groups is 4. The van der Waals surface area contributed by atoms with E-state index in [1.807, 2.05) is 22.2 Å². The van der Waals surface area contributed by atoms with Crippen molar-refractivity contribution in [3.63, 3.8) is 0 Å². The fraction of sp³-hybridized carbons (Fsp3) is 0.585. The van der Waals surface area contributed by atoms with Crippen LogP contribution in [0.3, 0.4) is 0 Å². The van der Waals surface area contributed by atoms with Crippen molar-refractivity contribution in [2.75, 3.05) is 27.4 Å². The van der Waals surface area contributed by atoms with Gasteiger partial charge in [-0.15, -0.1) is 0 Å². The van der Waals surface area contributed by atoms with Gasteiger partial charge in [0.15, 0.2) is 0 Å². The fourth-order valence-corrected chi connectivity index (χ4v) is 12.4. The number of methoxy groups -OCH3 is 2. The Hall–Kier alpha value is -5.74. The summed E-state index contributed by atoms with van der Waals surface area (Å²) in [5.74, 6) is 1.21. The molecular formula is C53H66N8O8. The van der Waals surface area contributed by atoms with Gasteiger partial charge in [0.1, 0.15) is 23.7 Å². The molecule has 2 spiro atoms. The second-order valence-electron chi connectivity index (χ2n) is 22.3. The van der Waals surface area contributed by atoms with Crippen molar-refractivity contribution in [1.82, 2.24) is 40.4 Å². The van der Waals surface area contributed by atoms with Crippen LogP contribution in [0.15, 0.2) is 60.9 Å². The maximum absolute atomic E-state index is 14.7. The molecule has 4 N–H and O–H groups in total. The van der Waals surface area contributed by atoms with Gasteiger partial charge in [0, 0.05) is 48.8 Å². The molecule has 16 heteroatoms. The second-order valence-corrected chi connectivity index (χ2v) is 22.3. The van der Waals surface area contributed by atoms with Crippen molar-refractivity contribution in [3.05, 3.63) is 72.6 Å². The average molecular weight is 943 g/mol. The number of likely N-dealkylation sites (tertiary alicyclic amines) is 2. The quantitative estimate of drug-likeness (QED) is 0.114. The number of amides is 4. The van der Waals surface area contributed by atoms with Gasteiger partial charge in [-0.3, -0.25) is 9.59 Å². The van der Waals surface area contributed by atoms with E-state index < -0.39 is 24.3 Å². The number of alkyl carbamates (subject to hydrolysis) is 2. The van der Waals surface area contributed by atoms with Gasteiger partial charge in [-0.2, -0.15) is 0 Å². The van der Waals surface area contributed by atoms with Crippen molar-refractivity contribution in [1.29, 1.82) is 0 Å². The molecule has 0 radical (unpaired) electrons. The van der Waals surface area contributed by atoms with E-state index in [-0.39, 0.29) is 69.8 Å². The molecule has 16 nitrogen and oxygen atoms in total. The van der Waals surface area contributed by atoms with Crippen LogP contribution in [0.25, 0.3) is 33.6 Å². The lowest BCUT2D eigenvalue weighted by Crippen LogP contribution is -2.56. The molecule has 4 saturated heterocycles. The number of ether oxygens (including phenoxy) is 4. The minimum absolute atomic E-state index is 0.0145. The Morgan fingerprint density at radius 2 is 1.07 bits per heavy atom. The van der Waals surface area contributed by atoms with Crippen LogP contribution in [-0.4, -0.2) is 117 Å². The maximum atomic E-state index is 14.7. The highest BCUT2D eigenvalue weighted by atomic mass is 16.5. The average Bonchev–Trinajstić information content (AvgIpc) is 4.22. The first kappa shape index (κ1) is 45.7. The fourth-order valence-electron chi connectivity index (χ4n) is 12.4. The van der Waals surface area contributed by atoms with E-state index in [4.69, 9.17) is 28.9 Å². The smallest absolute Gasteiger partial charge is 0.407 e. The Morgan fingerprint density at radius 1 is 0.638 bits per heavy atom. The largest absolute Gasteiger partial charge is 0.453 e.